The number of nitrogens with one attached hydrogen (secondary N) is 1. The first-order valence-corrected chi connectivity index (χ1v) is 11.6. The van der Waals surface area contributed by atoms with E-state index in [1.165, 1.54) is 18.9 Å². The summed E-state index contributed by atoms with van der Waals surface area (Å²) in [7, 11) is 1.47. The van der Waals surface area contributed by atoms with Gasteiger partial charge in [0.15, 0.2) is 18.1 Å². The van der Waals surface area contributed by atoms with Gasteiger partial charge in [0, 0.05) is 17.3 Å². The molecular formula is C22H20Cl2N2O4S2. The van der Waals surface area contributed by atoms with E-state index in [0.29, 0.717) is 37.8 Å². The number of benzene rings is 2. The number of amides is 2. The van der Waals surface area contributed by atoms with Crippen LogP contribution in [0.5, 0.6) is 11.5 Å². The molecule has 1 aliphatic heterocycles. The summed E-state index contributed by atoms with van der Waals surface area (Å²) < 4.78 is 11.5. The van der Waals surface area contributed by atoms with Gasteiger partial charge in [0.2, 0.25) is 0 Å². The van der Waals surface area contributed by atoms with Gasteiger partial charge in [-0.25, -0.2) is 0 Å². The van der Waals surface area contributed by atoms with E-state index in [0.717, 1.165) is 6.42 Å². The van der Waals surface area contributed by atoms with Crippen molar-refractivity contribution in [1.29, 1.82) is 0 Å². The maximum atomic E-state index is 12.6. The van der Waals surface area contributed by atoms with Crippen molar-refractivity contribution in [1.82, 2.24) is 4.90 Å². The van der Waals surface area contributed by atoms with Crippen molar-refractivity contribution in [3.63, 3.8) is 0 Å². The Morgan fingerprint density at radius 2 is 1.97 bits per heavy atom. The van der Waals surface area contributed by atoms with E-state index < -0.39 is 0 Å². The Bertz CT molecular complexity index is 1070. The van der Waals surface area contributed by atoms with E-state index in [-0.39, 0.29) is 29.2 Å². The van der Waals surface area contributed by atoms with Crippen molar-refractivity contribution >= 4 is 75.1 Å². The first kappa shape index (κ1) is 24.4. The lowest BCUT2D eigenvalue weighted by Gasteiger charge is -2.14. The highest BCUT2D eigenvalue weighted by Crippen LogP contribution is 2.39. The van der Waals surface area contributed by atoms with Crippen LogP contribution in [0.1, 0.15) is 18.9 Å². The molecule has 10 heteroatoms. The van der Waals surface area contributed by atoms with Gasteiger partial charge in [0.05, 0.1) is 17.0 Å². The molecule has 1 N–H and O–H groups in total. The van der Waals surface area contributed by atoms with Crippen LogP contribution in [0.25, 0.3) is 6.08 Å². The molecule has 0 aromatic heterocycles. The highest BCUT2D eigenvalue weighted by molar-refractivity contribution is 8.26. The van der Waals surface area contributed by atoms with Gasteiger partial charge in [-0.15, -0.1) is 0 Å². The lowest BCUT2D eigenvalue weighted by Crippen LogP contribution is -2.28. The summed E-state index contributed by atoms with van der Waals surface area (Å²) in [5.41, 5.74) is 1.25. The Hall–Kier alpha value is -2.26. The molecule has 0 unspecified atom stereocenters. The van der Waals surface area contributed by atoms with E-state index in [1.54, 1.807) is 47.4 Å². The fourth-order valence-electron chi connectivity index (χ4n) is 2.90. The zero-order valence-corrected chi connectivity index (χ0v) is 20.5. The van der Waals surface area contributed by atoms with Gasteiger partial charge >= 0.3 is 0 Å². The number of thioether (sulfide) groups is 1. The smallest absolute Gasteiger partial charge is 0.266 e. The molecule has 32 heavy (non-hydrogen) atoms. The van der Waals surface area contributed by atoms with Crippen LogP contribution in [0.2, 0.25) is 10.0 Å². The number of carbonyl (C=O) groups is 2. The molecule has 168 valence electrons. The third-order valence-electron chi connectivity index (χ3n) is 4.35. The number of ether oxygens (including phenoxy) is 2. The minimum absolute atomic E-state index is 0.129. The highest BCUT2D eigenvalue weighted by atomic mass is 35.5. The molecule has 0 bridgehead atoms. The number of methoxy groups -OCH3 is 1. The Balaban J connectivity index is 1.72. The van der Waals surface area contributed by atoms with Crippen molar-refractivity contribution in [2.24, 2.45) is 0 Å². The fraction of sp³-hybridized carbons (Fsp3) is 0.227. The molecule has 1 heterocycles. The molecule has 6 nitrogen and oxygen atoms in total. The van der Waals surface area contributed by atoms with E-state index in [2.05, 4.69) is 5.32 Å². The molecule has 0 radical (unpaired) electrons. The van der Waals surface area contributed by atoms with Crippen LogP contribution >= 0.6 is 47.2 Å². The number of nitrogens with zero attached hydrogens (tertiary/aromatic N) is 1. The molecule has 0 spiro atoms. The summed E-state index contributed by atoms with van der Waals surface area (Å²) in [6.07, 6.45) is 2.53. The predicted molar refractivity (Wildman–Crippen MR) is 134 cm³/mol. The maximum absolute atomic E-state index is 12.6. The highest BCUT2D eigenvalue weighted by Gasteiger charge is 2.31. The molecule has 0 aliphatic carbocycles. The molecule has 1 saturated heterocycles. The third kappa shape index (κ3) is 5.95. The lowest BCUT2D eigenvalue weighted by atomic mass is 10.1. The van der Waals surface area contributed by atoms with Crippen LogP contribution in [-0.4, -0.2) is 41.3 Å². The maximum Gasteiger partial charge on any atom is 0.266 e. The molecule has 2 aromatic carbocycles. The summed E-state index contributed by atoms with van der Waals surface area (Å²) in [4.78, 5) is 26.9. The number of hydrogen-bond donors (Lipinski definition) is 1. The molecule has 0 saturated carbocycles. The van der Waals surface area contributed by atoms with Crippen LogP contribution in [0.4, 0.5) is 5.69 Å². The van der Waals surface area contributed by atoms with Gasteiger partial charge in [0.1, 0.15) is 4.32 Å². The number of carbonyl (C=O) groups excluding carboxylic acids is 2. The first-order chi connectivity index (χ1) is 15.3. The minimum Gasteiger partial charge on any atom is -0.493 e. The van der Waals surface area contributed by atoms with Crippen molar-refractivity contribution < 1.29 is 19.1 Å². The zero-order valence-electron chi connectivity index (χ0n) is 17.3. The third-order valence-corrected chi connectivity index (χ3v) is 6.26. The molecule has 0 atom stereocenters. The Morgan fingerprint density at radius 3 is 2.62 bits per heavy atom. The van der Waals surface area contributed by atoms with Crippen LogP contribution in [-0.2, 0) is 9.59 Å². The molecule has 2 amide bonds. The number of hydrogen-bond acceptors (Lipinski definition) is 6. The van der Waals surface area contributed by atoms with E-state index in [9.17, 15) is 9.59 Å². The molecule has 3 rings (SSSR count). The van der Waals surface area contributed by atoms with E-state index in [4.69, 9.17) is 44.9 Å². The molecule has 2 aromatic rings. The number of anilines is 1. The Labute approximate surface area is 205 Å². The summed E-state index contributed by atoms with van der Waals surface area (Å²) in [5.74, 6) is 0.0773. The van der Waals surface area contributed by atoms with Gasteiger partial charge in [-0.05, 0) is 54.5 Å². The molecule has 1 fully saturated rings. The summed E-state index contributed by atoms with van der Waals surface area (Å²) in [6.45, 7) is 2.30. The number of rotatable bonds is 8. The van der Waals surface area contributed by atoms with Crippen molar-refractivity contribution in [3.8, 4) is 11.5 Å². The van der Waals surface area contributed by atoms with Gasteiger partial charge in [-0.2, -0.15) is 0 Å². The summed E-state index contributed by atoms with van der Waals surface area (Å²) in [6, 6.07) is 10.0. The second-order valence-corrected chi connectivity index (χ2v) is 9.23. The van der Waals surface area contributed by atoms with E-state index in [1.807, 2.05) is 6.92 Å². The predicted octanol–water partition coefficient (Wildman–Crippen LogP) is 5.63. The number of thiocarbonyl (C=S) groups is 1. The average molecular weight is 511 g/mol. The second-order valence-electron chi connectivity index (χ2n) is 6.71. The van der Waals surface area contributed by atoms with Gasteiger partial charge in [0.25, 0.3) is 11.8 Å². The summed E-state index contributed by atoms with van der Waals surface area (Å²) >= 11 is 18.8. The number of halogens is 2. The SMILES string of the molecule is CCCN1C(=O)/C(=C/c2cc(Cl)c(OCC(=O)Nc3ccc(Cl)cc3)c(OC)c2)SC1=S. The minimum atomic E-state index is -0.367. The van der Waals surface area contributed by atoms with Crippen molar-refractivity contribution in [2.75, 3.05) is 25.6 Å². The standard InChI is InChI=1S/C22H20Cl2N2O4S2/c1-3-8-26-21(28)18(32-22(26)31)11-13-9-16(24)20(17(10-13)29-2)30-12-19(27)25-15-6-4-14(23)5-7-15/h4-7,9-11H,3,8,12H2,1-2H3,(H,25,27)/b18-11-. The normalized spacial score (nSPS) is 14.8. The second kappa shape index (κ2) is 11.0. The van der Waals surface area contributed by atoms with Crippen LogP contribution < -0.4 is 14.8 Å². The Kier molecular flexibility index (Phi) is 8.42. The van der Waals surface area contributed by atoms with Crippen LogP contribution in [0, 0.1) is 0 Å². The quantitative estimate of drug-likeness (QED) is 0.366. The van der Waals surface area contributed by atoms with Crippen molar-refractivity contribution in [3.05, 3.63) is 56.9 Å². The van der Waals surface area contributed by atoms with Crippen molar-refractivity contribution in [2.45, 2.75) is 13.3 Å². The van der Waals surface area contributed by atoms with Gasteiger partial charge in [-0.1, -0.05) is 54.1 Å². The van der Waals surface area contributed by atoms with Crippen LogP contribution in [0.3, 0.4) is 0 Å². The zero-order chi connectivity index (χ0) is 23.3. The summed E-state index contributed by atoms with van der Waals surface area (Å²) in [5, 5.41) is 3.53. The lowest BCUT2D eigenvalue weighted by molar-refractivity contribution is -0.122. The topological polar surface area (TPSA) is 67.9 Å². The monoisotopic (exact) mass is 510 g/mol. The van der Waals surface area contributed by atoms with Gasteiger partial charge in [-0.3, -0.25) is 14.5 Å². The van der Waals surface area contributed by atoms with Gasteiger partial charge < -0.3 is 14.8 Å². The average Bonchev–Trinajstić information content (AvgIpc) is 3.02. The largest absolute Gasteiger partial charge is 0.493 e. The van der Waals surface area contributed by atoms with Crippen LogP contribution in [0.15, 0.2) is 41.3 Å². The molecule has 1 aliphatic rings. The first-order valence-electron chi connectivity index (χ1n) is 9.63. The Morgan fingerprint density at radius 1 is 1.25 bits per heavy atom. The molecular weight excluding hydrogens is 491 g/mol. The fourth-order valence-corrected chi connectivity index (χ4v) is 4.61. The van der Waals surface area contributed by atoms with E-state index >= 15 is 0 Å².